The second-order valence-corrected chi connectivity index (χ2v) is 8.50. The SMILES string of the molecule is CC12CC[C@H]3[C@@H](Nc4ccccc4C3(C)C)C1=Cc1ccccc1O2. The van der Waals surface area contributed by atoms with E-state index in [-0.39, 0.29) is 11.0 Å². The number of benzene rings is 2. The minimum atomic E-state index is -0.203. The van der Waals surface area contributed by atoms with Gasteiger partial charge >= 0.3 is 0 Å². The van der Waals surface area contributed by atoms with Gasteiger partial charge in [-0.2, -0.15) is 0 Å². The molecule has 2 nitrogen and oxygen atoms in total. The third kappa shape index (κ3) is 2.03. The van der Waals surface area contributed by atoms with Gasteiger partial charge in [-0.05, 0) is 60.4 Å². The lowest BCUT2D eigenvalue weighted by atomic mass is 9.58. The molecule has 128 valence electrons. The van der Waals surface area contributed by atoms with Gasteiger partial charge in [0.25, 0.3) is 0 Å². The lowest BCUT2D eigenvalue weighted by Gasteiger charge is -2.54. The minimum Gasteiger partial charge on any atom is -0.483 e. The molecule has 2 heteroatoms. The molecule has 25 heavy (non-hydrogen) atoms. The Kier molecular flexibility index (Phi) is 2.96. The average molecular weight is 331 g/mol. The lowest BCUT2D eigenvalue weighted by Crippen LogP contribution is -2.57. The fraction of sp³-hybridized carbons (Fsp3) is 0.391. The Morgan fingerprint density at radius 3 is 2.64 bits per heavy atom. The number of hydrogen-bond donors (Lipinski definition) is 1. The molecule has 0 aromatic heterocycles. The zero-order chi connectivity index (χ0) is 17.2. The van der Waals surface area contributed by atoms with Gasteiger partial charge in [0.05, 0.1) is 6.04 Å². The molecule has 2 aromatic rings. The molecule has 5 rings (SSSR count). The van der Waals surface area contributed by atoms with Gasteiger partial charge in [0.1, 0.15) is 11.4 Å². The third-order valence-electron chi connectivity index (χ3n) is 6.70. The van der Waals surface area contributed by atoms with Crippen molar-refractivity contribution < 1.29 is 4.74 Å². The second kappa shape index (κ2) is 4.91. The molecule has 1 aliphatic carbocycles. The summed E-state index contributed by atoms with van der Waals surface area (Å²) in [4.78, 5) is 0. The van der Waals surface area contributed by atoms with E-state index in [1.54, 1.807) is 0 Å². The van der Waals surface area contributed by atoms with E-state index in [1.807, 2.05) is 0 Å². The molecule has 0 radical (unpaired) electrons. The van der Waals surface area contributed by atoms with Crippen molar-refractivity contribution in [1.29, 1.82) is 0 Å². The van der Waals surface area contributed by atoms with Crippen LogP contribution in [-0.2, 0) is 5.41 Å². The van der Waals surface area contributed by atoms with Crippen molar-refractivity contribution in [2.75, 3.05) is 5.32 Å². The number of para-hydroxylation sites is 2. The van der Waals surface area contributed by atoms with Crippen molar-refractivity contribution >= 4 is 11.8 Å². The predicted octanol–water partition coefficient (Wildman–Crippen LogP) is 5.40. The van der Waals surface area contributed by atoms with Crippen molar-refractivity contribution in [1.82, 2.24) is 0 Å². The fourth-order valence-corrected chi connectivity index (χ4v) is 5.24. The van der Waals surface area contributed by atoms with Crippen molar-refractivity contribution in [3.63, 3.8) is 0 Å². The summed E-state index contributed by atoms with van der Waals surface area (Å²) in [7, 11) is 0. The topological polar surface area (TPSA) is 21.3 Å². The number of rotatable bonds is 0. The molecule has 1 unspecified atom stereocenters. The van der Waals surface area contributed by atoms with Crippen molar-refractivity contribution in [3.05, 3.63) is 65.2 Å². The van der Waals surface area contributed by atoms with Crippen LogP contribution in [0.4, 0.5) is 5.69 Å². The van der Waals surface area contributed by atoms with Crippen LogP contribution in [0.5, 0.6) is 5.75 Å². The molecule has 0 amide bonds. The summed E-state index contributed by atoms with van der Waals surface area (Å²) in [6.07, 6.45) is 4.63. The Balaban J connectivity index is 1.67. The summed E-state index contributed by atoms with van der Waals surface area (Å²) in [6.45, 7) is 7.08. The Hall–Kier alpha value is -2.22. The molecule has 1 fully saturated rings. The Labute approximate surface area is 149 Å². The molecule has 0 spiro atoms. The molecule has 1 saturated carbocycles. The van der Waals surface area contributed by atoms with Gasteiger partial charge in [-0.15, -0.1) is 0 Å². The van der Waals surface area contributed by atoms with Crippen molar-refractivity contribution in [2.24, 2.45) is 5.92 Å². The smallest absolute Gasteiger partial charge is 0.130 e. The Bertz CT molecular complexity index is 881. The van der Waals surface area contributed by atoms with Gasteiger partial charge in [0, 0.05) is 11.3 Å². The van der Waals surface area contributed by atoms with E-state index in [0.717, 1.165) is 12.2 Å². The highest BCUT2D eigenvalue weighted by molar-refractivity contribution is 5.69. The standard InChI is InChI=1S/C23H25NO/c1-22(2)16-9-5-6-10-19(16)24-21-17(22)12-13-23(3)18(21)14-15-8-4-7-11-20(15)25-23/h4-11,14,17,21,24H,12-13H2,1-3H3/t17-,21+,23?/m0/s1. The van der Waals surface area contributed by atoms with Crippen LogP contribution in [0.1, 0.15) is 44.7 Å². The lowest BCUT2D eigenvalue weighted by molar-refractivity contribution is 0.0603. The largest absolute Gasteiger partial charge is 0.483 e. The first-order chi connectivity index (χ1) is 12.0. The first kappa shape index (κ1) is 15.1. The maximum absolute atomic E-state index is 6.52. The monoisotopic (exact) mass is 331 g/mol. The highest BCUT2D eigenvalue weighted by Gasteiger charge is 2.52. The van der Waals surface area contributed by atoms with E-state index in [4.69, 9.17) is 4.74 Å². The Morgan fingerprint density at radius 2 is 1.76 bits per heavy atom. The molecule has 2 heterocycles. The van der Waals surface area contributed by atoms with Gasteiger partial charge in [0.2, 0.25) is 0 Å². The van der Waals surface area contributed by atoms with Crippen LogP contribution in [0.15, 0.2) is 54.1 Å². The van der Waals surface area contributed by atoms with E-state index in [0.29, 0.717) is 12.0 Å². The number of nitrogens with one attached hydrogen (secondary N) is 1. The normalized spacial score (nSPS) is 31.2. The van der Waals surface area contributed by atoms with Crippen LogP contribution >= 0.6 is 0 Å². The molecule has 3 aliphatic rings. The first-order valence-corrected chi connectivity index (χ1v) is 9.35. The Morgan fingerprint density at radius 1 is 1.00 bits per heavy atom. The van der Waals surface area contributed by atoms with Crippen molar-refractivity contribution in [2.45, 2.75) is 50.7 Å². The molecule has 0 bridgehead atoms. The average Bonchev–Trinajstić information content (AvgIpc) is 2.60. The van der Waals surface area contributed by atoms with Crippen LogP contribution < -0.4 is 10.1 Å². The zero-order valence-electron chi connectivity index (χ0n) is 15.2. The fourth-order valence-electron chi connectivity index (χ4n) is 5.24. The molecule has 2 aliphatic heterocycles. The summed E-state index contributed by atoms with van der Waals surface area (Å²) >= 11 is 0. The highest BCUT2D eigenvalue weighted by atomic mass is 16.5. The maximum atomic E-state index is 6.52. The van der Waals surface area contributed by atoms with Crippen molar-refractivity contribution in [3.8, 4) is 5.75 Å². The number of anilines is 1. The summed E-state index contributed by atoms with van der Waals surface area (Å²) in [6, 6.07) is 17.5. The van der Waals surface area contributed by atoms with E-state index < -0.39 is 0 Å². The molecule has 1 N–H and O–H groups in total. The summed E-state index contributed by atoms with van der Waals surface area (Å²) in [5.41, 5.74) is 5.28. The van der Waals surface area contributed by atoms with Gasteiger partial charge in [-0.25, -0.2) is 0 Å². The number of fused-ring (bicyclic) bond motifs is 5. The molecule has 0 saturated heterocycles. The van der Waals surface area contributed by atoms with Crippen LogP contribution in [0, 0.1) is 5.92 Å². The summed E-state index contributed by atoms with van der Waals surface area (Å²) in [5, 5.41) is 3.86. The van der Waals surface area contributed by atoms with Gasteiger partial charge < -0.3 is 10.1 Å². The summed E-state index contributed by atoms with van der Waals surface area (Å²) < 4.78 is 6.52. The molecular formula is C23H25NO. The van der Waals surface area contributed by atoms with E-state index in [2.05, 4.69) is 80.7 Å². The quantitative estimate of drug-likeness (QED) is 0.697. The van der Waals surface area contributed by atoms with Gasteiger partial charge in [0.15, 0.2) is 0 Å². The molecule has 3 atom stereocenters. The third-order valence-corrected chi connectivity index (χ3v) is 6.70. The first-order valence-electron chi connectivity index (χ1n) is 9.35. The molecule has 2 aromatic carbocycles. The second-order valence-electron chi connectivity index (χ2n) is 8.50. The van der Waals surface area contributed by atoms with Gasteiger partial charge in [-0.1, -0.05) is 50.2 Å². The van der Waals surface area contributed by atoms with Crippen LogP contribution in [0.3, 0.4) is 0 Å². The maximum Gasteiger partial charge on any atom is 0.130 e. The zero-order valence-corrected chi connectivity index (χ0v) is 15.2. The van der Waals surface area contributed by atoms with Gasteiger partial charge in [-0.3, -0.25) is 0 Å². The predicted molar refractivity (Wildman–Crippen MR) is 103 cm³/mol. The minimum absolute atomic E-state index is 0.158. The van der Waals surface area contributed by atoms with Crippen LogP contribution in [-0.4, -0.2) is 11.6 Å². The van der Waals surface area contributed by atoms with Crippen LogP contribution in [0.25, 0.3) is 6.08 Å². The van der Waals surface area contributed by atoms with Crippen LogP contribution in [0.2, 0.25) is 0 Å². The highest BCUT2D eigenvalue weighted by Crippen LogP contribution is 2.54. The summed E-state index contributed by atoms with van der Waals surface area (Å²) in [5.74, 6) is 1.60. The molecular weight excluding hydrogens is 306 g/mol. The van der Waals surface area contributed by atoms with E-state index in [9.17, 15) is 0 Å². The number of ether oxygens (including phenoxy) is 1. The van der Waals surface area contributed by atoms with E-state index in [1.165, 1.54) is 28.8 Å². The number of hydrogen-bond acceptors (Lipinski definition) is 2. The van der Waals surface area contributed by atoms with E-state index >= 15 is 0 Å².